The number of anilines is 1. The average Bonchev–Trinajstić information content (AvgIpc) is 2.42. The third-order valence-corrected chi connectivity index (χ3v) is 3.47. The van der Waals surface area contributed by atoms with Gasteiger partial charge < -0.3 is 9.88 Å². The molecule has 1 aromatic heterocycles. The van der Waals surface area contributed by atoms with Crippen molar-refractivity contribution in [3.8, 4) is 0 Å². The van der Waals surface area contributed by atoms with Crippen LogP contribution < -0.4 is 5.32 Å². The fourth-order valence-electron chi connectivity index (χ4n) is 1.14. The minimum absolute atomic E-state index is 0.250. The van der Waals surface area contributed by atoms with E-state index in [2.05, 4.69) is 30.4 Å². The molecule has 4 heteroatoms. The summed E-state index contributed by atoms with van der Waals surface area (Å²) in [6.45, 7) is 7.38. The van der Waals surface area contributed by atoms with Crippen LogP contribution in [-0.2, 0) is 7.05 Å². The van der Waals surface area contributed by atoms with Gasteiger partial charge in [0.05, 0.1) is 5.69 Å². The molecular formula is C10H19N3S. The van der Waals surface area contributed by atoms with E-state index in [1.54, 1.807) is 0 Å². The lowest BCUT2D eigenvalue weighted by atomic mass is 10.2. The SMILES string of the molecule is CSC(C)(C)CNc1nc(C)cn1C. The monoisotopic (exact) mass is 213 g/mol. The highest BCUT2D eigenvalue weighted by molar-refractivity contribution is 7.99. The molecular weight excluding hydrogens is 194 g/mol. The first-order valence-corrected chi connectivity index (χ1v) is 5.96. The zero-order valence-electron chi connectivity index (χ0n) is 9.59. The molecule has 80 valence electrons. The van der Waals surface area contributed by atoms with Crippen molar-refractivity contribution in [1.29, 1.82) is 0 Å². The topological polar surface area (TPSA) is 29.9 Å². The molecule has 0 aliphatic heterocycles. The lowest BCUT2D eigenvalue weighted by Gasteiger charge is -2.22. The first kappa shape index (κ1) is 11.4. The summed E-state index contributed by atoms with van der Waals surface area (Å²) < 4.78 is 2.27. The maximum absolute atomic E-state index is 4.39. The second-order valence-corrected chi connectivity index (χ2v) is 5.65. The lowest BCUT2D eigenvalue weighted by molar-refractivity contribution is 0.740. The lowest BCUT2D eigenvalue weighted by Crippen LogP contribution is -2.26. The van der Waals surface area contributed by atoms with Crippen molar-refractivity contribution in [3.63, 3.8) is 0 Å². The van der Waals surface area contributed by atoms with E-state index in [0.29, 0.717) is 0 Å². The van der Waals surface area contributed by atoms with Crippen LogP contribution in [0.4, 0.5) is 5.95 Å². The number of thioether (sulfide) groups is 1. The number of hydrogen-bond acceptors (Lipinski definition) is 3. The Morgan fingerprint density at radius 1 is 1.57 bits per heavy atom. The summed E-state index contributed by atoms with van der Waals surface area (Å²) in [5.74, 6) is 0.949. The van der Waals surface area contributed by atoms with E-state index in [0.717, 1.165) is 18.2 Å². The molecule has 0 unspecified atom stereocenters. The van der Waals surface area contributed by atoms with Crippen LogP contribution in [0.2, 0.25) is 0 Å². The molecule has 0 atom stereocenters. The molecule has 0 aromatic carbocycles. The van der Waals surface area contributed by atoms with Crippen LogP contribution in [-0.4, -0.2) is 27.1 Å². The van der Waals surface area contributed by atoms with Crippen molar-refractivity contribution in [2.75, 3.05) is 18.1 Å². The molecule has 1 rings (SSSR count). The summed E-state index contributed by atoms with van der Waals surface area (Å²) in [5, 5.41) is 3.36. The van der Waals surface area contributed by atoms with E-state index >= 15 is 0 Å². The average molecular weight is 213 g/mol. The smallest absolute Gasteiger partial charge is 0.202 e. The standard InChI is InChI=1S/C10H19N3S/c1-8-6-13(4)9(12-8)11-7-10(2,3)14-5/h6H,7H2,1-5H3,(H,11,12). The second kappa shape index (κ2) is 4.26. The number of aromatic nitrogens is 2. The maximum atomic E-state index is 4.39. The molecule has 0 spiro atoms. The van der Waals surface area contributed by atoms with Crippen molar-refractivity contribution >= 4 is 17.7 Å². The van der Waals surface area contributed by atoms with E-state index in [4.69, 9.17) is 0 Å². The molecule has 0 radical (unpaired) electrons. The Hall–Kier alpha value is -0.640. The van der Waals surface area contributed by atoms with Gasteiger partial charge in [-0.2, -0.15) is 11.8 Å². The maximum Gasteiger partial charge on any atom is 0.202 e. The van der Waals surface area contributed by atoms with E-state index < -0.39 is 0 Å². The summed E-state index contributed by atoms with van der Waals surface area (Å²) >= 11 is 1.86. The molecule has 0 saturated heterocycles. The number of imidazole rings is 1. The Bertz CT molecular complexity index is 304. The number of aryl methyl sites for hydroxylation is 2. The Kier molecular flexibility index (Phi) is 3.48. The number of rotatable bonds is 4. The summed E-state index contributed by atoms with van der Waals surface area (Å²) in [4.78, 5) is 4.39. The van der Waals surface area contributed by atoms with Crippen molar-refractivity contribution in [1.82, 2.24) is 9.55 Å². The third kappa shape index (κ3) is 2.94. The zero-order valence-corrected chi connectivity index (χ0v) is 10.4. The number of nitrogens with one attached hydrogen (secondary N) is 1. The van der Waals surface area contributed by atoms with E-state index in [1.807, 2.05) is 36.5 Å². The number of hydrogen-bond donors (Lipinski definition) is 1. The van der Waals surface area contributed by atoms with Crippen LogP contribution in [0, 0.1) is 6.92 Å². The summed E-state index contributed by atoms with van der Waals surface area (Å²) in [6, 6.07) is 0. The molecule has 0 aliphatic carbocycles. The fraction of sp³-hybridized carbons (Fsp3) is 0.700. The molecule has 14 heavy (non-hydrogen) atoms. The first-order chi connectivity index (χ1) is 6.44. The van der Waals surface area contributed by atoms with Crippen LogP contribution in [0.5, 0.6) is 0 Å². The van der Waals surface area contributed by atoms with E-state index in [9.17, 15) is 0 Å². The first-order valence-electron chi connectivity index (χ1n) is 4.73. The largest absolute Gasteiger partial charge is 0.354 e. The molecule has 1 aromatic rings. The molecule has 1 heterocycles. The van der Waals surface area contributed by atoms with E-state index in [1.165, 1.54) is 0 Å². The van der Waals surface area contributed by atoms with Crippen LogP contribution >= 0.6 is 11.8 Å². The van der Waals surface area contributed by atoms with Gasteiger partial charge >= 0.3 is 0 Å². The third-order valence-electron chi connectivity index (χ3n) is 2.22. The van der Waals surface area contributed by atoms with Gasteiger partial charge in [-0.1, -0.05) is 0 Å². The van der Waals surface area contributed by atoms with Gasteiger partial charge in [-0.25, -0.2) is 4.98 Å². The van der Waals surface area contributed by atoms with Gasteiger partial charge in [0.2, 0.25) is 5.95 Å². The Morgan fingerprint density at radius 3 is 2.64 bits per heavy atom. The minimum atomic E-state index is 0.250. The molecule has 0 amide bonds. The van der Waals surface area contributed by atoms with Gasteiger partial charge in [-0.15, -0.1) is 0 Å². The van der Waals surface area contributed by atoms with E-state index in [-0.39, 0.29) is 4.75 Å². The molecule has 3 nitrogen and oxygen atoms in total. The molecule has 0 saturated carbocycles. The molecule has 0 fully saturated rings. The highest BCUT2D eigenvalue weighted by Gasteiger charge is 2.16. The second-order valence-electron chi connectivity index (χ2n) is 4.13. The Morgan fingerprint density at radius 2 is 2.21 bits per heavy atom. The van der Waals surface area contributed by atoms with Gasteiger partial charge in [0.15, 0.2) is 0 Å². The van der Waals surface area contributed by atoms with Crippen molar-refractivity contribution < 1.29 is 0 Å². The number of nitrogens with zero attached hydrogens (tertiary/aromatic N) is 2. The zero-order chi connectivity index (χ0) is 10.8. The fourth-order valence-corrected chi connectivity index (χ4v) is 1.36. The predicted octanol–water partition coefficient (Wildman–Crippen LogP) is 2.28. The molecule has 1 N–H and O–H groups in total. The van der Waals surface area contributed by atoms with Crippen molar-refractivity contribution in [2.45, 2.75) is 25.5 Å². The highest BCUT2D eigenvalue weighted by Crippen LogP contribution is 2.21. The molecule has 0 aliphatic rings. The minimum Gasteiger partial charge on any atom is -0.354 e. The van der Waals surface area contributed by atoms with Crippen molar-refractivity contribution in [2.24, 2.45) is 7.05 Å². The van der Waals surface area contributed by atoms with Gasteiger partial charge in [0.1, 0.15) is 0 Å². The predicted molar refractivity (Wildman–Crippen MR) is 64.0 cm³/mol. The van der Waals surface area contributed by atoms with Gasteiger partial charge in [0, 0.05) is 24.5 Å². The highest BCUT2D eigenvalue weighted by atomic mass is 32.2. The van der Waals surface area contributed by atoms with Crippen LogP contribution in [0.1, 0.15) is 19.5 Å². The summed E-state index contributed by atoms with van der Waals surface area (Å²) in [6.07, 6.45) is 4.15. The quantitative estimate of drug-likeness (QED) is 0.832. The normalized spacial score (nSPS) is 11.8. The van der Waals surface area contributed by atoms with Crippen LogP contribution in [0.3, 0.4) is 0 Å². The molecule has 0 bridgehead atoms. The Balaban J connectivity index is 2.58. The summed E-state index contributed by atoms with van der Waals surface area (Å²) in [7, 11) is 2.01. The van der Waals surface area contributed by atoms with Gasteiger partial charge in [-0.3, -0.25) is 0 Å². The summed E-state index contributed by atoms with van der Waals surface area (Å²) in [5.41, 5.74) is 1.05. The van der Waals surface area contributed by atoms with Crippen LogP contribution in [0.25, 0.3) is 0 Å². The van der Waals surface area contributed by atoms with Gasteiger partial charge in [-0.05, 0) is 27.0 Å². The van der Waals surface area contributed by atoms with Crippen LogP contribution in [0.15, 0.2) is 6.20 Å². The van der Waals surface area contributed by atoms with Gasteiger partial charge in [0.25, 0.3) is 0 Å². The van der Waals surface area contributed by atoms with Crippen molar-refractivity contribution in [3.05, 3.63) is 11.9 Å². The Labute approximate surface area is 90.3 Å².